The number of rotatable bonds is 0. The number of allylic oxidation sites excluding steroid dienone is 2. The van der Waals surface area contributed by atoms with Crippen molar-refractivity contribution >= 4 is 0 Å². The van der Waals surface area contributed by atoms with Gasteiger partial charge in [0.05, 0.1) is 6.10 Å². The summed E-state index contributed by atoms with van der Waals surface area (Å²) >= 11 is 0. The highest BCUT2D eigenvalue weighted by Gasteiger charge is 2.36. The summed E-state index contributed by atoms with van der Waals surface area (Å²) in [6.07, 6.45) is 10.3. The molecule has 0 saturated heterocycles. The first kappa shape index (κ1) is 32.5. The molecule has 0 radical (unpaired) electrons. The average molecular weight is 503 g/mol. The van der Waals surface area contributed by atoms with Crippen LogP contribution in [0.2, 0.25) is 0 Å². The lowest BCUT2D eigenvalue weighted by molar-refractivity contribution is -0.0104. The highest BCUT2D eigenvalue weighted by Crippen LogP contribution is 2.43. The van der Waals surface area contributed by atoms with Crippen molar-refractivity contribution < 1.29 is 18.3 Å². The summed E-state index contributed by atoms with van der Waals surface area (Å²) in [5.74, 6) is -0.901. The Morgan fingerprint density at radius 3 is 1.49 bits per heavy atom. The van der Waals surface area contributed by atoms with Gasteiger partial charge >= 0.3 is 0 Å². The Morgan fingerprint density at radius 2 is 1.14 bits per heavy atom. The maximum atomic E-state index is 13.4. The largest absolute Gasteiger partial charge is 0.393 e. The maximum absolute atomic E-state index is 13.4. The van der Waals surface area contributed by atoms with Gasteiger partial charge in [0.15, 0.2) is 0 Å². The second kappa shape index (κ2) is 12.4. The highest BCUT2D eigenvalue weighted by molar-refractivity contribution is 5.15. The van der Waals surface area contributed by atoms with E-state index in [9.17, 15) is 18.3 Å². The minimum atomic E-state index is -2.45. The Bertz CT molecular complexity index is 640. The molecule has 0 aliphatic heterocycles. The number of aliphatic hydroxyl groups is 1. The van der Waals surface area contributed by atoms with Crippen molar-refractivity contribution in [3.8, 4) is 0 Å². The zero-order valence-electron chi connectivity index (χ0n) is 24.7. The van der Waals surface area contributed by atoms with Gasteiger partial charge in [0.25, 0.3) is 5.92 Å². The van der Waals surface area contributed by atoms with Gasteiger partial charge in [0.1, 0.15) is 5.67 Å². The van der Waals surface area contributed by atoms with Crippen LogP contribution in [0.5, 0.6) is 0 Å². The summed E-state index contributed by atoms with van der Waals surface area (Å²) in [5.41, 5.74) is 1.18. The predicted octanol–water partition coefficient (Wildman–Crippen LogP) is 10.3. The van der Waals surface area contributed by atoms with Crippen LogP contribution in [0.15, 0.2) is 11.6 Å². The van der Waals surface area contributed by atoms with Gasteiger partial charge in [-0.3, -0.25) is 0 Å². The molecule has 35 heavy (non-hydrogen) atoms. The van der Waals surface area contributed by atoms with Gasteiger partial charge in [-0.15, -0.1) is 0 Å². The standard InChI is InChI=1S/C11H21F.C10H16F2.C10H20O/c1-10(2,3)9-5-7-11(4,12)8-6-9;1-9(2,3)8-4-6-10(11,12)7-5-8;1-10(2,3)8-4-6-9(11)7-5-8/h9H,5-8H2,1-4H3;4H,5-7H2,1-3H3;8-9,11H,4-7H2,1-3H3. The molecule has 3 aliphatic carbocycles. The van der Waals surface area contributed by atoms with Gasteiger partial charge in [-0.1, -0.05) is 74.0 Å². The van der Waals surface area contributed by atoms with Crippen LogP contribution in [0, 0.1) is 28.1 Å². The first-order valence-corrected chi connectivity index (χ1v) is 14.1. The summed E-state index contributed by atoms with van der Waals surface area (Å²) in [6.45, 7) is 21.6. The first-order valence-electron chi connectivity index (χ1n) is 14.1. The zero-order chi connectivity index (χ0) is 27.3. The van der Waals surface area contributed by atoms with Crippen molar-refractivity contribution in [3.05, 3.63) is 11.6 Å². The molecule has 0 amide bonds. The van der Waals surface area contributed by atoms with E-state index in [1.165, 1.54) is 18.4 Å². The summed E-state index contributed by atoms with van der Waals surface area (Å²) in [5, 5.41) is 9.29. The summed E-state index contributed by atoms with van der Waals surface area (Å²) in [7, 11) is 0. The van der Waals surface area contributed by atoms with E-state index in [-0.39, 0.29) is 24.4 Å². The van der Waals surface area contributed by atoms with Gasteiger partial charge in [0.2, 0.25) is 0 Å². The van der Waals surface area contributed by atoms with E-state index in [0.717, 1.165) is 50.4 Å². The monoisotopic (exact) mass is 502 g/mol. The molecule has 0 spiro atoms. The lowest BCUT2D eigenvalue weighted by Crippen LogP contribution is -2.31. The van der Waals surface area contributed by atoms with Crippen molar-refractivity contribution in [2.45, 2.75) is 158 Å². The van der Waals surface area contributed by atoms with Crippen LogP contribution in [0.4, 0.5) is 13.2 Å². The molecule has 1 nitrogen and oxygen atoms in total. The molecular weight excluding hydrogens is 445 g/mol. The Morgan fingerprint density at radius 1 is 0.714 bits per heavy atom. The van der Waals surface area contributed by atoms with Crippen LogP contribution in [0.25, 0.3) is 0 Å². The SMILES string of the molecule is CC(C)(C)C1=CCC(F)(F)CC1.CC(C)(C)C1CCC(O)CC1.CC1(F)CCC(C(C)(C)C)CC1. The molecule has 208 valence electrons. The molecule has 0 aromatic heterocycles. The molecular formula is C31H57F3O. The second-order valence-corrected chi connectivity index (χ2v) is 15.0. The van der Waals surface area contributed by atoms with Crippen LogP contribution in [0.3, 0.4) is 0 Å². The lowest BCUT2D eigenvalue weighted by Gasteiger charge is -2.38. The van der Waals surface area contributed by atoms with Gasteiger partial charge in [-0.2, -0.15) is 0 Å². The Balaban J connectivity index is 0.000000263. The fourth-order valence-electron chi connectivity index (χ4n) is 5.50. The molecule has 0 heterocycles. The molecule has 0 bridgehead atoms. The molecule has 4 heteroatoms. The third-order valence-electron chi connectivity index (χ3n) is 8.54. The second-order valence-electron chi connectivity index (χ2n) is 15.0. The van der Waals surface area contributed by atoms with E-state index in [4.69, 9.17) is 0 Å². The third-order valence-corrected chi connectivity index (χ3v) is 8.54. The maximum Gasteiger partial charge on any atom is 0.251 e. The minimum Gasteiger partial charge on any atom is -0.393 e. The first-order chi connectivity index (χ1) is 15.6. The van der Waals surface area contributed by atoms with Crippen LogP contribution in [0.1, 0.15) is 140 Å². The van der Waals surface area contributed by atoms with Crippen molar-refractivity contribution in [2.75, 3.05) is 0 Å². The molecule has 3 aliphatic rings. The van der Waals surface area contributed by atoms with Crippen molar-refractivity contribution in [1.29, 1.82) is 0 Å². The summed E-state index contributed by atoms with van der Waals surface area (Å²) < 4.78 is 38.9. The van der Waals surface area contributed by atoms with Crippen molar-refractivity contribution in [3.63, 3.8) is 0 Å². The Labute approximate surface area is 215 Å². The van der Waals surface area contributed by atoms with Crippen LogP contribution in [-0.2, 0) is 0 Å². The molecule has 2 fully saturated rings. The van der Waals surface area contributed by atoms with Crippen LogP contribution >= 0.6 is 0 Å². The minimum absolute atomic E-state index is 0.00593. The summed E-state index contributed by atoms with van der Waals surface area (Å²) in [4.78, 5) is 0. The van der Waals surface area contributed by atoms with E-state index in [0.29, 0.717) is 17.3 Å². The van der Waals surface area contributed by atoms with Gasteiger partial charge in [-0.05, 0) is 92.8 Å². The molecule has 3 rings (SSSR count). The molecule has 0 unspecified atom stereocenters. The fourth-order valence-corrected chi connectivity index (χ4v) is 5.50. The molecule has 1 N–H and O–H groups in total. The van der Waals surface area contributed by atoms with Gasteiger partial charge < -0.3 is 5.11 Å². The molecule has 0 atom stereocenters. The Kier molecular flexibility index (Phi) is 11.5. The number of hydrogen-bond acceptors (Lipinski definition) is 1. The van der Waals surface area contributed by atoms with Gasteiger partial charge in [0, 0.05) is 12.8 Å². The van der Waals surface area contributed by atoms with Crippen LogP contribution in [-0.4, -0.2) is 22.8 Å². The Hall–Kier alpha value is -0.510. The molecule has 0 aromatic carbocycles. The molecule has 2 saturated carbocycles. The number of alkyl halides is 3. The number of aliphatic hydroxyl groups excluding tert-OH is 1. The fraction of sp³-hybridized carbons (Fsp3) is 0.935. The van der Waals surface area contributed by atoms with Crippen molar-refractivity contribution in [1.82, 2.24) is 0 Å². The van der Waals surface area contributed by atoms with E-state index < -0.39 is 11.6 Å². The van der Waals surface area contributed by atoms with E-state index >= 15 is 0 Å². The van der Waals surface area contributed by atoms with Crippen LogP contribution < -0.4 is 0 Å². The zero-order valence-corrected chi connectivity index (χ0v) is 24.7. The predicted molar refractivity (Wildman–Crippen MR) is 145 cm³/mol. The van der Waals surface area contributed by atoms with E-state index in [2.05, 4.69) is 62.3 Å². The number of hydrogen-bond donors (Lipinski definition) is 1. The van der Waals surface area contributed by atoms with Crippen molar-refractivity contribution in [2.24, 2.45) is 28.1 Å². The third kappa shape index (κ3) is 12.5. The highest BCUT2D eigenvalue weighted by atomic mass is 19.3. The lowest BCUT2D eigenvalue weighted by atomic mass is 9.69. The molecule has 0 aromatic rings. The van der Waals surface area contributed by atoms with E-state index in [1.807, 2.05) is 0 Å². The average Bonchev–Trinajstić information content (AvgIpc) is 2.66. The van der Waals surface area contributed by atoms with Gasteiger partial charge in [-0.25, -0.2) is 13.2 Å². The normalized spacial score (nSPS) is 31.8. The quantitative estimate of drug-likeness (QED) is 0.327. The topological polar surface area (TPSA) is 20.2 Å². The summed E-state index contributed by atoms with van der Waals surface area (Å²) in [6, 6.07) is 0. The van der Waals surface area contributed by atoms with E-state index in [1.54, 1.807) is 13.0 Å². The smallest absolute Gasteiger partial charge is 0.251 e. The number of halogens is 3.